The number of aliphatic hydroxyl groups is 1. The van der Waals surface area contributed by atoms with Crippen molar-refractivity contribution in [3.8, 4) is 5.75 Å². The fraction of sp³-hybridized carbons (Fsp3) is 0.520. The van der Waals surface area contributed by atoms with Crippen LogP contribution in [0.15, 0.2) is 54.6 Å². The molecule has 3 rings (SSSR count). The van der Waals surface area contributed by atoms with Crippen LogP contribution in [0.3, 0.4) is 0 Å². The van der Waals surface area contributed by atoms with Gasteiger partial charge >= 0.3 is 0 Å². The van der Waals surface area contributed by atoms with Crippen molar-refractivity contribution in [2.75, 3.05) is 0 Å². The molecular weight excluding hydrogens is 332 g/mol. The van der Waals surface area contributed by atoms with Gasteiger partial charge in [0.25, 0.3) is 0 Å². The smallest absolute Gasteiger partial charge is 0.119 e. The maximum absolute atomic E-state index is 10.4. The quantitative estimate of drug-likeness (QED) is 0.467. The van der Waals surface area contributed by atoms with Crippen LogP contribution in [0.1, 0.15) is 81.4 Å². The van der Waals surface area contributed by atoms with Gasteiger partial charge in [-0.05, 0) is 35.6 Å². The average molecular weight is 367 g/mol. The fourth-order valence-electron chi connectivity index (χ4n) is 4.12. The molecule has 0 bridgehead atoms. The highest BCUT2D eigenvalue weighted by Crippen LogP contribution is 2.29. The molecule has 1 aliphatic rings. The van der Waals surface area contributed by atoms with E-state index in [-0.39, 0.29) is 6.10 Å². The van der Waals surface area contributed by atoms with Crippen LogP contribution in [-0.4, -0.2) is 5.11 Å². The molecule has 1 atom stereocenters. The van der Waals surface area contributed by atoms with Gasteiger partial charge in [-0.25, -0.2) is 0 Å². The maximum atomic E-state index is 10.4. The Morgan fingerprint density at radius 3 is 2.33 bits per heavy atom. The Bertz CT molecular complexity index is 629. The molecule has 1 aliphatic carbocycles. The molecule has 1 unspecified atom stereocenters. The Kier molecular flexibility index (Phi) is 8.23. The van der Waals surface area contributed by atoms with E-state index in [1.54, 1.807) is 0 Å². The SMILES string of the molecule is OC(CCCCCC1CCCCC1)c1ccc(OCc2ccccc2)cc1. The molecule has 0 amide bonds. The van der Waals surface area contributed by atoms with Crippen LogP contribution in [0, 0.1) is 5.92 Å². The van der Waals surface area contributed by atoms with Crippen molar-refractivity contribution in [3.05, 3.63) is 65.7 Å². The number of hydrogen-bond donors (Lipinski definition) is 1. The van der Waals surface area contributed by atoms with E-state index in [1.165, 1.54) is 51.4 Å². The summed E-state index contributed by atoms with van der Waals surface area (Å²) in [5, 5.41) is 10.4. The molecule has 27 heavy (non-hydrogen) atoms. The summed E-state index contributed by atoms with van der Waals surface area (Å²) in [6, 6.07) is 18.1. The third-order valence-corrected chi connectivity index (χ3v) is 5.83. The van der Waals surface area contributed by atoms with Crippen molar-refractivity contribution in [3.63, 3.8) is 0 Å². The second kappa shape index (κ2) is 11.1. The summed E-state index contributed by atoms with van der Waals surface area (Å²) in [6.45, 7) is 0.573. The minimum atomic E-state index is -0.358. The maximum Gasteiger partial charge on any atom is 0.119 e. The Hall–Kier alpha value is -1.80. The van der Waals surface area contributed by atoms with Crippen molar-refractivity contribution in [2.45, 2.75) is 76.9 Å². The summed E-state index contributed by atoms with van der Waals surface area (Å²) in [5.74, 6) is 1.83. The minimum absolute atomic E-state index is 0.358. The predicted octanol–water partition coefficient (Wildman–Crippen LogP) is 6.83. The summed E-state index contributed by atoms with van der Waals surface area (Å²) in [7, 11) is 0. The van der Waals surface area contributed by atoms with Gasteiger partial charge in [0.2, 0.25) is 0 Å². The van der Waals surface area contributed by atoms with Gasteiger partial charge < -0.3 is 9.84 Å². The third kappa shape index (κ3) is 7.03. The summed E-state index contributed by atoms with van der Waals surface area (Å²) in [6.07, 6.45) is 12.8. The molecule has 2 aromatic rings. The molecule has 0 aromatic heterocycles. The van der Waals surface area contributed by atoms with Crippen LogP contribution in [0.2, 0.25) is 0 Å². The summed E-state index contributed by atoms with van der Waals surface area (Å²) in [5.41, 5.74) is 2.16. The molecule has 146 valence electrons. The number of ether oxygens (including phenoxy) is 1. The number of unbranched alkanes of at least 4 members (excludes halogenated alkanes) is 2. The minimum Gasteiger partial charge on any atom is -0.489 e. The zero-order chi connectivity index (χ0) is 18.7. The molecule has 0 aliphatic heterocycles. The Morgan fingerprint density at radius 1 is 0.852 bits per heavy atom. The van der Waals surface area contributed by atoms with Crippen LogP contribution in [0.25, 0.3) is 0 Å². The Labute approximate surface area is 164 Å². The van der Waals surface area contributed by atoms with Crippen molar-refractivity contribution >= 4 is 0 Å². The summed E-state index contributed by atoms with van der Waals surface area (Å²) >= 11 is 0. The molecule has 1 N–H and O–H groups in total. The van der Waals surface area contributed by atoms with Crippen molar-refractivity contribution in [1.29, 1.82) is 0 Å². The van der Waals surface area contributed by atoms with Gasteiger partial charge in [0.1, 0.15) is 12.4 Å². The average Bonchev–Trinajstić information content (AvgIpc) is 2.74. The van der Waals surface area contributed by atoms with Gasteiger partial charge in [-0.15, -0.1) is 0 Å². The first kappa shape index (κ1) is 19.9. The Morgan fingerprint density at radius 2 is 1.59 bits per heavy atom. The second-order valence-electron chi connectivity index (χ2n) is 8.00. The molecule has 0 saturated heterocycles. The third-order valence-electron chi connectivity index (χ3n) is 5.83. The summed E-state index contributed by atoms with van der Waals surface area (Å²) < 4.78 is 5.82. The van der Waals surface area contributed by atoms with Gasteiger partial charge in [-0.3, -0.25) is 0 Å². The second-order valence-corrected chi connectivity index (χ2v) is 8.00. The first-order chi connectivity index (χ1) is 13.3. The van der Waals surface area contributed by atoms with E-state index in [4.69, 9.17) is 4.74 Å². The fourth-order valence-corrected chi connectivity index (χ4v) is 4.12. The van der Waals surface area contributed by atoms with Crippen LogP contribution in [0.5, 0.6) is 5.75 Å². The van der Waals surface area contributed by atoms with Crippen LogP contribution >= 0.6 is 0 Å². The van der Waals surface area contributed by atoms with Crippen LogP contribution < -0.4 is 4.74 Å². The molecule has 0 radical (unpaired) electrons. The molecule has 0 spiro atoms. The lowest BCUT2D eigenvalue weighted by Gasteiger charge is -2.21. The number of rotatable bonds is 10. The van der Waals surface area contributed by atoms with E-state index in [2.05, 4.69) is 12.1 Å². The standard InChI is InChI=1S/C25H34O2/c26-25(15-9-3-6-12-21-10-4-1-5-11-21)23-16-18-24(19-17-23)27-20-22-13-7-2-8-14-22/h2,7-8,13-14,16-19,21,25-26H,1,3-6,9-12,15,20H2. The zero-order valence-corrected chi connectivity index (χ0v) is 16.5. The lowest BCUT2D eigenvalue weighted by atomic mass is 9.85. The van der Waals surface area contributed by atoms with E-state index in [0.717, 1.165) is 35.6 Å². The van der Waals surface area contributed by atoms with Gasteiger partial charge in [0.15, 0.2) is 0 Å². The highest BCUT2D eigenvalue weighted by molar-refractivity contribution is 5.29. The van der Waals surface area contributed by atoms with E-state index in [0.29, 0.717) is 6.61 Å². The Balaban J connectivity index is 1.32. The molecule has 1 fully saturated rings. The molecule has 2 nitrogen and oxygen atoms in total. The first-order valence-corrected chi connectivity index (χ1v) is 10.8. The van der Waals surface area contributed by atoms with Gasteiger partial charge in [-0.1, -0.05) is 100 Å². The lowest BCUT2D eigenvalue weighted by molar-refractivity contribution is 0.162. The molecular formula is C25H34O2. The van der Waals surface area contributed by atoms with E-state index < -0.39 is 0 Å². The van der Waals surface area contributed by atoms with Crippen LogP contribution in [-0.2, 0) is 6.61 Å². The number of benzene rings is 2. The van der Waals surface area contributed by atoms with Gasteiger partial charge in [-0.2, -0.15) is 0 Å². The van der Waals surface area contributed by atoms with Crippen molar-refractivity contribution in [2.24, 2.45) is 5.92 Å². The highest BCUT2D eigenvalue weighted by Gasteiger charge is 2.13. The zero-order valence-electron chi connectivity index (χ0n) is 16.5. The molecule has 2 heteroatoms. The molecule has 2 aromatic carbocycles. The molecule has 1 saturated carbocycles. The summed E-state index contributed by atoms with van der Waals surface area (Å²) in [4.78, 5) is 0. The molecule has 0 heterocycles. The van der Waals surface area contributed by atoms with Crippen molar-refractivity contribution in [1.82, 2.24) is 0 Å². The lowest BCUT2D eigenvalue weighted by Crippen LogP contribution is -2.05. The van der Waals surface area contributed by atoms with Gasteiger partial charge in [0.05, 0.1) is 6.10 Å². The van der Waals surface area contributed by atoms with E-state index >= 15 is 0 Å². The first-order valence-electron chi connectivity index (χ1n) is 10.8. The van der Waals surface area contributed by atoms with E-state index in [1.807, 2.05) is 42.5 Å². The largest absolute Gasteiger partial charge is 0.489 e. The monoisotopic (exact) mass is 366 g/mol. The van der Waals surface area contributed by atoms with E-state index in [9.17, 15) is 5.11 Å². The predicted molar refractivity (Wildman–Crippen MR) is 112 cm³/mol. The van der Waals surface area contributed by atoms with Gasteiger partial charge in [0, 0.05) is 0 Å². The highest BCUT2D eigenvalue weighted by atomic mass is 16.5. The number of aliphatic hydroxyl groups excluding tert-OH is 1. The number of hydrogen-bond acceptors (Lipinski definition) is 2. The normalized spacial score (nSPS) is 16.2. The topological polar surface area (TPSA) is 29.5 Å². The van der Waals surface area contributed by atoms with Crippen LogP contribution in [0.4, 0.5) is 0 Å². The van der Waals surface area contributed by atoms with Crippen molar-refractivity contribution < 1.29 is 9.84 Å².